The van der Waals surface area contributed by atoms with Crippen LogP contribution in [-0.2, 0) is 10.1 Å². The van der Waals surface area contributed by atoms with Gasteiger partial charge in [0.25, 0.3) is 11.4 Å². The number of non-ortho nitro benzene ring substituents is 2. The maximum absolute atomic E-state index is 12.3. The van der Waals surface area contributed by atoms with Crippen molar-refractivity contribution in [3.63, 3.8) is 0 Å². The molecule has 0 N–H and O–H groups in total. The lowest BCUT2D eigenvalue weighted by Crippen LogP contribution is -2.09. The van der Waals surface area contributed by atoms with E-state index in [1.54, 1.807) is 0 Å². The Morgan fingerprint density at radius 2 is 1.00 bits per heavy atom. The largest absolute Gasteiger partial charge is 0.457 e. The molecule has 0 saturated heterocycles. The fraction of sp³-hybridized carbons (Fsp3) is 0. The molecule has 3 aromatic carbocycles. The van der Waals surface area contributed by atoms with Crippen molar-refractivity contribution >= 4 is 21.5 Å². The average molecular weight is 416 g/mol. The Labute approximate surface area is 164 Å². The summed E-state index contributed by atoms with van der Waals surface area (Å²) in [5.41, 5.74) is -0.273. The van der Waals surface area contributed by atoms with Gasteiger partial charge in [-0.1, -0.05) is 0 Å². The summed E-state index contributed by atoms with van der Waals surface area (Å²) >= 11 is 0. The SMILES string of the molecule is O=[N+]([O-])c1ccc(Oc2ccc(S(=O)(=O)Oc3ccc([N+](=O)[O-])cc3)cc2)cc1. The molecule has 0 amide bonds. The van der Waals surface area contributed by atoms with Crippen molar-refractivity contribution < 1.29 is 27.2 Å². The molecule has 3 aromatic rings. The average Bonchev–Trinajstić information content (AvgIpc) is 2.69. The summed E-state index contributed by atoms with van der Waals surface area (Å²) in [7, 11) is -4.15. The predicted molar refractivity (Wildman–Crippen MR) is 101 cm³/mol. The van der Waals surface area contributed by atoms with E-state index in [2.05, 4.69) is 0 Å². The van der Waals surface area contributed by atoms with Crippen molar-refractivity contribution in [2.24, 2.45) is 0 Å². The van der Waals surface area contributed by atoms with E-state index in [1.807, 2.05) is 0 Å². The zero-order chi connectivity index (χ0) is 21.0. The van der Waals surface area contributed by atoms with Crippen LogP contribution in [0.1, 0.15) is 0 Å². The summed E-state index contributed by atoms with van der Waals surface area (Å²) in [4.78, 5) is 20.0. The number of nitrogens with zero attached hydrogens (tertiary/aromatic N) is 2. The summed E-state index contributed by atoms with van der Waals surface area (Å²) in [6.45, 7) is 0. The molecule has 0 atom stereocenters. The summed E-state index contributed by atoms with van der Waals surface area (Å²) in [6.07, 6.45) is 0. The number of nitro groups is 2. The minimum atomic E-state index is -4.15. The molecular weight excluding hydrogens is 404 g/mol. The van der Waals surface area contributed by atoms with Gasteiger partial charge < -0.3 is 8.92 Å². The fourth-order valence-corrected chi connectivity index (χ4v) is 3.17. The molecule has 0 radical (unpaired) electrons. The quantitative estimate of drug-likeness (QED) is 0.319. The summed E-state index contributed by atoms with van der Waals surface area (Å²) in [6, 6.07) is 15.4. The van der Waals surface area contributed by atoms with Crippen LogP contribution in [0.5, 0.6) is 17.2 Å². The number of rotatable bonds is 7. The van der Waals surface area contributed by atoms with Crippen LogP contribution in [0, 0.1) is 20.2 Å². The van der Waals surface area contributed by atoms with Gasteiger partial charge >= 0.3 is 10.1 Å². The Kier molecular flexibility index (Phi) is 5.41. The van der Waals surface area contributed by atoms with E-state index in [0.717, 1.165) is 12.1 Å². The smallest absolute Gasteiger partial charge is 0.339 e. The third kappa shape index (κ3) is 4.84. The summed E-state index contributed by atoms with van der Waals surface area (Å²) < 4.78 is 35.1. The Morgan fingerprint density at radius 3 is 1.41 bits per heavy atom. The molecule has 11 heteroatoms. The van der Waals surface area contributed by atoms with Gasteiger partial charge in [-0.05, 0) is 48.5 Å². The Hall–Kier alpha value is -3.99. The summed E-state index contributed by atoms with van der Waals surface area (Å²) in [5.74, 6) is 0.586. The topological polar surface area (TPSA) is 139 Å². The van der Waals surface area contributed by atoms with Crippen LogP contribution in [-0.4, -0.2) is 18.3 Å². The standard InChI is InChI=1S/C18H12N2O8S/c21-19(22)13-1-5-15(6-2-13)27-16-9-11-18(12-10-16)29(25,26)28-17-7-3-14(4-8-17)20(23)24/h1-12H. The molecule has 0 unspecified atom stereocenters. The first-order chi connectivity index (χ1) is 13.7. The highest BCUT2D eigenvalue weighted by Crippen LogP contribution is 2.26. The van der Waals surface area contributed by atoms with E-state index in [1.165, 1.54) is 60.7 Å². The molecular formula is C18H12N2O8S. The van der Waals surface area contributed by atoms with Crippen molar-refractivity contribution in [1.29, 1.82) is 0 Å². The number of nitro benzene ring substituents is 2. The molecule has 3 rings (SSSR count). The van der Waals surface area contributed by atoms with Gasteiger partial charge in [0.05, 0.1) is 9.85 Å². The second-order valence-corrected chi connectivity index (χ2v) is 7.16. The molecule has 0 heterocycles. The highest BCUT2D eigenvalue weighted by molar-refractivity contribution is 7.87. The Bertz CT molecular complexity index is 1140. The number of benzene rings is 3. The highest BCUT2D eigenvalue weighted by atomic mass is 32.2. The molecule has 0 aliphatic carbocycles. The van der Waals surface area contributed by atoms with Gasteiger partial charge in [0.15, 0.2) is 0 Å². The van der Waals surface area contributed by atoms with E-state index >= 15 is 0 Å². The van der Waals surface area contributed by atoms with E-state index in [4.69, 9.17) is 8.92 Å². The van der Waals surface area contributed by atoms with Crippen LogP contribution in [0.25, 0.3) is 0 Å². The molecule has 148 valence electrons. The van der Waals surface area contributed by atoms with Crippen LogP contribution in [0.2, 0.25) is 0 Å². The van der Waals surface area contributed by atoms with Gasteiger partial charge in [-0.2, -0.15) is 8.42 Å². The molecule has 0 bridgehead atoms. The third-order valence-corrected chi connectivity index (χ3v) is 4.91. The lowest BCUT2D eigenvalue weighted by Gasteiger charge is -2.09. The van der Waals surface area contributed by atoms with E-state index in [9.17, 15) is 28.6 Å². The van der Waals surface area contributed by atoms with E-state index in [0.29, 0.717) is 11.5 Å². The van der Waals surface area contributed by atoms with Crippen LogP contribution in [0.4, 0.5) is 11.4 Å². The van der Waals surface area contributed by atoms with E-state index < -0.39 is 20.0 Å². The minimum absolute atomic E-state index is 0.0678. The van der Waals surface area contributed by atoms with Crippen molar-refractivity contribution in [1.82, 2.24) is 0 Å². The maximum atomic E-state index is 12.3. The molecule has 0 spiro atoms. The normalized spacial score (nSPS) is 10.9. The summed E-state index contributed by atoms with van der Waals surface area (Å²) in [5, 5.41) is 21.3. The first-order valence-corrected chi connectivity index (χ1v) is 9.37. The Morgan fingerprint density at radius 1 is 0.621 bits per heavy atom. The monoisotopic (exact) mass is 416 g/mol. The van der Waals surface area contributed by atoms with Crippen molar-refractivity contribution in [2.45, 2.75) is 4.90 Å². The second-order valence-electron chi connectivity index (χ2n) is 5.61. The number of hydrogen-bond acceptors (Lipinski definition) is 8. The first kappa shape index (κ1) is 19.8. The molecule has 0 fully saturated rings. The molecule has 0 aliphatic rings. The molecule has 29 heavy (non-hydrogen) atoms. The van der Waals surface area contributed by atoms with Gasteiger partial charge in [0.2, 0.25) is 0 Å². The molecule has 0 aromatic heterocycles. The van der Waals surface area contributed by atoms with Gasteiger partial charge in [0.1, 0.15) is 22.1 Å². The first-order valence-electron chi connectivity index (χ1n) is 7.96. The lowest BCUT2D eigenvalue weighted by molar-refractivity contribution is -0.385. The highest BCUT2D eigenvalue weighted by Gasteiger charge is 2.17. The van der Waals surface area contributed by atoms with Crippen LogP contribution in [0.3, 0.4) is 0 Å². The Balaban J connectivity index is 1.71. The maximum Gasteiger partial charge on any atom is 0.339 e. The fourth-order valence-electron chi connectivity index (χ4n) is 2.24. The van der Waals surface area contributed by atoms with Crippen LogP contribution in [0.15, 0.2) is 77.7 Å². The molecule has 0 saturated carbocycles. The van der Waals surface area contributed by atoms with Crippen molar-refractivity contribution in [2.75, 3.05) is 0 Å². The van der Waals surface area contributed by atoms with Gasteiger partial charge in [0, 0.05) is 24.3 Å². The van der Waals surface area contributed by atoms with E-state index in [-0.39, 0.29) is 22.0 Å². The molecule has 0 aliphatic heterocycles. The van der Waals surface area contributed by atoms with Gasteiger partial charge in [-0.25, -0.2) is 0 Å². The number of hydrogen-bond donors (Lipinski definition) is 0. The minimum Gasteiger partial charge on any atom is -0.457 e. The van der Waals surface area contributed by atoms with Crippen molar-refractivity contribution in [3.8, 4) is 17.2 Å². The zero-order valence-electron chi connectivity index (χ0n) is 14.5. The number of ether oxygens (including phenoxy) is 1. The zero-order valence-corrected chi connectivity index (χ0v) is 15.3. The third-order valence-electron chi connectivity index (χ3n) is 3.65. The van der Waals surface area contributed by atoms with Crippen molar-refractivity contribution in [3.05, 3.63) is 93.0 Å². The predicted octanol–water partition coefficient (Wildman–Crippen LogP) is 4.06. The van der Waals surface area contributed by atoms with Gasteiger partial charge in [-0.3, -0.25) is 20.2 Å². The molecule has 10 nitrogen and oxygen atoms in total. The second kappa shape index (κ2) is 7.94. The van der Waals surface area contributed by atoms with Gasteiger partial charge in [-0.15, -0.1) is 0 Å². The lowest BCUT2D eigenvalue weighted by atomic mass is 10.3. The van der Waals surface area contributed by atoms with Crippen LogP contribution >= 0.6 is 0 Å². The van der Waals surface area contributed by atoms with Crippen LogP contribution < -0.4 is 8.92 Å².